The smallest absolute Gasteiger partial charge is 0.123 e. The molecular weight excluding hydrogens is 261 g/mol. The van der Waals surface area contributed by atoms with Crippen molar-refractivity contribution < 1.29 is 4.39 Å². The summed E-state index contributed by atoms with van der Waals surface area (Å²) in [7, 11) is 0. The summed E-state index contributed by atoms with van der Waals surface area (Å²) >= 11 is 6.19. The highest BCUT2D eigenvalue weighted by Gasteiger charge is 2.57. The van der Waals surface area contributed by atoms with E-state index in [2.05, 4.69) is 6.07 Å². The fourth-order valence-electron chi connectivity index (χ4n) is 2.65. The topological polar surface area (TPSA) is 23.8 Å². The molecule has 1 aliphatic rings. The summed E-state index contributed by atoms with van der Waals surface area (Å²) in [5, 5.41) is 10.2. The van der Waals surface area contributed by atoms with Crippen LogP contribution in [-0.4, -0.2) is 0 Å². The van der Waals surface area contributed by atoms with E-state index in [4.69, 9.17) is 11.6 Å². The van der Waals surface area contributed by atoms with Gasteiger partial charge in [-0.1, -0.05) is 41.9 Å². The molecule has 0 spiro atoms. The predicted molar refractivity (Wildman–Crippen MR) is 72.5 cm³/mol. The molecule has 2 aromatic carbocycles. The Bertz CT molecular complexity index is 659. The summed E-state index contributed by atoms with van der Waals surface area (Å²) in [6.45, 7) is 0. The minimum Gasteiger partial charge on any atom is -0.207 e. The van der Waals surface area contributed by atoms with Gasteiger partial charge in [-0.25, -0.2) is 4.39 Å². The van der Waals surface area contributed by atoms with Gasteiger partial charge in [-0.3, -0.25) is 0 Å². The third-order valence-corrected chi connectivity index (χ3v) is 4.14. The van der Waals surface area contributed by atoms with Gasteiger partial charge in [-0.05, 0) is 35.7 Å². The molecule has 0 saturated heterocycles. The molecule has 0 heterocycles. The van der Waals surface area contributed by atoms with Crippen LogP contribution < -0.4 is 0 Å². The van der Waals surface area contributed by atoms with Gasteiger partial charge in [0.1, 0.15) is 5.82 Å². The molecule has 0 radical (unpaired) electrons. The van der Waals surface area contributed by atoms with Crippen molar-refractivity contribution in [2.75, 3.05) is 0 Å². The molecule has 3 heteroatoms. The molecule has 0 aliphatic heterocycles. The molecule has 0 amide bonds. The second-order valence-corrected chi connectivity index (χ2v) is 5.28. The molecule has 2 unspecified atom stereocenters. The lowest BCUT2D eigenvalue weighted by Gasteiger charge is -2.10. The maximum Gasteiger partial charge on any atom is 0.123 e. The van der Waals surface area contributed by atoms with Gasteiger partial charge in [-0.15, -0.1) is 0 Å². The summed E-state index contributed by atoms with van der Waals surface area (Å²) in [5.74, 6) is -0.191. The molecule has 3 rings (SSSR count). The van der Waals surface area contributed by atoms with Crippen molar-refractivity contribution in [3.05, 3.63) is 70.5 Å². The second-order valence-electron chi connectivity index (χ2n) is 4.87. The number of rotatable bonds is 2. The van der Waals surface area contributed by atoms with Gasteiger partial charge in [0.25, 0.3) is 0 Å². The zero-order chi connectivity index (χ0) is 13.5. The van der Waals surface area contributed by atoms with Crippen LogP contribution in [0.3, 0.4) is 0 Å². The van der Waals surface area contributed by atoms with E-state index in [1.54, 1.807) is 12.1 Å². The van der Waals surface area contributed by atoms with Crippen LogP contribution >= 0.6 is 11.6 Å². The largest absolute Gasteiger partial charge is 0.207 e. The van der Waals surface area contributed by atoms with Crippen molar-refractivity contribution in [1.29, 1.82) is 5.26 Å². The maximum absolute atomic E-state index is 13.0. The third kappa shape index (κ3) is 1.91. The zero-order valence-electron chi connectivity index (χ0n) is 10.1. The first-order valence-corrected chi connectivity index (χ1v) is 6.47. The average molecular weight is 272 g/mol. The van der Waals surface area contributed by atoms with Crippen LogP contribution in [0, 0.1) is 17.1 Å². The van der Waals surface area contributed by atoms with Crippen molar-refractivity contribution >= 4 is 11.6 Å². The molecule has 1 fully saturated rings. The Labute approximate surface area is 116 Å². The number of nitrogens with zero attached hydrogens (tertiary/aromatic N) is 1. The molecule has 0 bridgehead atoms. The Morgan fingerprint density at radius 3 is 2.47 bits per heavy atom. The molecule has 1 nitrogen and oxygen atoms in total. The average Bonchev–Trinajstić information content (AvgIpc) is 3.16. The lowest BCUT2D eigenvalue weighted by atomic mass is 9.92. The summed E-state index contributed by atoms with van der Waals surface area (Å²) in [6, 6.07) is 16.1. The number of nitriles is 1. The Kier molecular flexibility index (Phi) is 2.80. The van der Waals surface area contributed by atoms with Crippen LogP contribution in [0.2, 0.25) is 5.02 Å². The normalized spacial score (nSPS) is 24.8. The number of halogens is 2. The maximum atomic E-state index is 13.0. The molecule has 2 atom stereocenters. The van der Waals surface area contributed by atoms with Gasteiger partial charge in [0, 0.05) is 10.9 Å². The van der Waals surface area contributed by atoms with Crippen LogP contribution in [0.4, 0.5) is 4.39 Å². The molecule has 0 aromatic heterocycles. The quantitative estimate of drug-likeness (QED) is 0.793. The van der Waals surface area contributed by atoms with E-state index in [1.165, 1.54) is 12.1 Å². The van der Waals surface area contributed by atoms with E-state index in [0.29, 0.717) is 5.02 Å². The van der Waals surface area contributed by atoms with Crippen LogP contribution in [0.15, 0.2) is 48.5 Å². The highest BCUT2D eigenvalue weighted by atomic mass is 35.5. The van der Waals surface area contributed by atoms with Crippen molar-refractivity contribution in [3.63, 3.8) is 0 Å². The van der Waals surface area contributed by atoms with E-state index in [1.807, 2.05) is 24.3 Å². The Morgan fingerprint density at radius 1 is 1.16 bits per heavy atom. The third-order valence-electron chi connectivity index (χ3n) is 3.80. The minimum atomic E-state index is -0.557. The van der Waals surface area contributed by atoms with Crippen molar-refractivity contribution in [2.45, 2.75) is 17.8 Å². The fraction of sp³-hybridized carbons (Fsp3) is 0.188. The number of hydrogen-bond donors (Lipinski definition) is 0. The van der Waals surface area contributed by atoms with Crippen molar-refractivity contribution in [2.24, 2.45) is 0 Å². The lowest BCUT2D eigenvalue weighted by molar-refractivity contribution is 0.626. The molecule has 94 valence electrons. The summed E-state index contributed by atoms with van der Waals surface area (Å²) in [4.78, 5) is 0. The molecular formula is C16H11ClFN. The first kappa shape index (κ1) is 12.2. The molecule has 0 N–H and O–H groups in total. The highest BCUT2D eigenvalue weighted by Crippen LogP contribution is 2.61. The van der Waals surface area contributed by atoms with Crippen LogP contribution in [0.1, 0.15) is 23.5 Å². The van der Waals surface area contributed by atoms with Crippen LogP contribution in [-0.2, 0) is 5.41 Å². The first-order chi connectivity index (χ1) is 9.17. The van der Waals surface area contributed by atoms with Crippen LogP contribution in [0.5, 0.6) is 0 Å². The zero-order valence-corrected chi connectivity index (χ0v) is 10.9. The van der Waals surface area contributed by atoms with Crippen LogP contribution in [0.25, 0.3) is 0 Å². The Hall–Kier alpha value is -1.85. The number of benzene rings is 2. The SMILES string of the molecule is N#CC1(c2ccc(F)cc2)CC1c1ccccc1Cl. The predicted octanol–water partition coefficient (Wildman–Crippen LogP) is 4.43. The minimum absolute atomic E-state index is 0.0941. The standard InChI is InChI=1S/C16H11ClFN/c17-15-4-2-1-3-13(15)14-9-16(14,10-19)11-5-7-12(18)8-6-11/h1-8,14H,9H2. The molecule has 2 aromatic rings. The molecule has 1 aliphatic carbocycles. The monoisotopic (exact) mass is 271 g/mol. The van der Waals surface area contributed by atoms with E-state index >= 15 is 0 Å². The first-order valence-electron chi connectivity index (χ1n) is 6.09. The van der Waals surface area contributed by atoms with Gasteiger partial charge >= 0.3 is 0 Å². The van der Waals surface area contributed by atoms with Gasteiger partial charge < -0.3 is 0 Å². The van der Waals surface area contributed by atoms with Gasteiger partial charge in [0.05, 0.1) is 11.5 Å². The van der Waals surface area contributed by atoms with Gasteiger partial charge in [0.15, 0.2) is 0 Å². The highest BCUT2D eigenvalue weighted by molar-refractivity contribution is 6.31. The Morgan fingerprint density at radius 2 is 1.84 bits per heavy atom. The van der Waals surface area contributed by atoms with E-state index < -0.39 is 5.41 Å². The van der Waals surface area contributed by atoms with Crippen molar-refractivity contribution in [1.82, 2.24) is 0 Å². The van der Waals surface area contributed by atoms with Gasteiger partial charge in [0.2, 0.25) is 0 Å². The summed E-state index contributed by atoms with van der Waals surface area (Å²) in [5.41, 5.74) is 1.30. The van der Waals surface area contributed by atoms with E-state index in [-0.39, 0.29) is 11.7 Å². The van der Waals surface area contributed by atoms with Crippen molar-refractivity contribution in [3.8, 4) is 6.07 Å². The molecule has 19 heavy (non-hydrogen) atoms. The fourth-order valence-corrected chi connectivity index (χ4v) is 2.92. The number of hydrogen-bond acceptors (Lipinski definition) is 1. The van der Waals surface area contributed by atoms with E-state index in [0.717, 1.165) is 17.5 Å². The lowest BCUT2D eigenvalue weighted by Crippen LogP contribution is -2.06. The summed E-state index contributed by atoms with van der Waals surface area (Å²) < 4.78 is 13.0. The summed E-state index contributed by atoms with van der Waals surface area (Å²) in [6.07, 6.45) is 0.735. The van der Waals surface area contributed by atoms with Gasteiger partial charge in [-0.2, -0.15) is 5.26 Å². The van der Waals surface area contributed by atoms with E-state index in [9.17, 15) is 9.65 Å². The molecule has 1 saturated carbocycles. The second kappa shape index (κ2) is 4.36. The Balaban J connectivity index is 1.99.